The number of aryl methyl sites for hydroxylation is 1. The van der Waals surface area contributed by atoms with Gasteiger partial charge < -0.3 is 9.47 Å². The van der Waals surface area contributed by atoms with E-state index in [0.29, 0.717) is 18.8 Å². The Kier molecular flexibility index (Phi) is 4.57. The van der Waals surface area contributed by atoms with E-state index in [2.05, 4.69) is 38.1 Å². The fraction of sp³-hybridized carbons (Fsp3) is 0.600. The van der Waals surface area contributed by atoms with E-state index in [1.54, 1.807) is 0 Å². The smallest absolute Gasteiger partial charge is 0.0813 e. The van der Waals surface area contributed by atoms with Crippen LogP contribution in [0, 0.1) is 6.92 Å². The third-order valence-electron chi connectivity index (χ3n) is 3.47. The Balaban J connectivity index is 1.72. The van der Waals surface area contributed by atoms with Crippen LogP contribution in [-0.2, 0) is 16.1 Å². The fourth-order valence-electron chi connectivity index (χ4n) is 2.28. The second-order valence-corrected chi connectivity index (χ2v) is 4.81. The van der Waals surface area contributed by atoms with Crippen LogP contribution >= 0.6 is 0 Å². The predicted molar refractivity (Wildman–Crippen MR) is 69.0 cm³/mol. The minimum absolute atomic E-state index is 0.309. The Morgan fingerprint density at radius 3 is 2.71 bits per heavy atom. The van der Waals surface area contributed by atoms with Crippen LogP contribution in [0.5, 0.6) is 0 Å². The van der Waals surface area contributed by atoms with Crippen molar-refractivity contribution < 1.29 is 9.47 Å². The van der Waals surface area contributed by atoms with Gasteiger partial charge in [-0.1, -0.05) is 31.2 Å². The van der Waals surface area contributed by atoms with Gasteiger partial charge in [0.25, 0.3) is 0 Å². The number of rotatable bonds is 5. The van der Waals surface area contributed by atoms with Gasteiger partial charge in [-0.25, -0.2) is 0 Å². The average Bonchev–Trinajstić information content (AvgIpc) is 2.80. The molecule has 2 rings (SSSR count). The highest BCUT2D eigenvalue weighted by molar-refractivity contribution is 5.24. The summed E-state index contributed by atoms with van der Waals surface area (Å²) in [5.41, 5.74) is 2.57. The summed E-state index contributed by atoms with van der Waals surface area (Å²) in [5.74, 6) is 0. The molecule has 1 fully saturated rings. The highest BCUT2D eigenvalue weighted by Crippen LogP contribution is 2.22. The number of benzene rings is 1. The van der Waals surface area contributed by atoms with E-state index in [0.717, 1.165) is 19.4 Å². The molecular formula is C15H22O2. The lowest BCUT2D eigenvalue weighted by molar-refractivity contribution is -0.0204. The predicted octanol–water partition coefficient (Wildman–Crippen LogP) is 3.47. The second-order valence-electron chi connectivity index (χ2n) is 4.81. The molecule has 94 valence electrons. The first-order valence-corrected chi connectivity index (χ1v) is 6.57. The van der Waals surface area contributed by atoms with Crippen LogP contribution in [0.25, 0.3) is 0 Å². The lowest BCUT2D eigenvalue weighted by Crippen LogP contribution is -2.16. The molecule has 2 nitrogen and oxygen atoms in total. The monoisotopic (exact) mass is 234 g/mol. The lowest BCUT2D eigenvalue weighted by atomic mass is 10.1. The number of hydrogen-bond donors (Lipinski definition) is 0. The van der Waals surface area contributed by atoms with Crippen molar-refractivity contribution in [1.82, 2.24) is 0 Å². The largest absolute Gasteiger partial charge is 0.374 e. The van der Waals surface area contributed by atoms with Gasteiger partial charge in [-0.05, 0) is 37.3 Å². The molecule has 1 heterocycles. The normalized spacial score (nSPS) is 24.1. The first-order chi connectivity index (χ1) is 8.29. The minimum Gasteiger partial charge on any atom is -0.374 e. The summed E-state index contributed by atoms with van der Waals surface area (Å²) in [6.45, 7) is 5.73. The van der Waals surface area contributed by atoms with Crippen molar-refractivity contribution in [2.75, 3.05) is 6.61 Å². The second kappa shape index (κ2) is 6.18. The fourth-order valence-corrected chi connectivity index (χ4v) is 2.28. The summed E-state index contributed by atoms with van der Waals surface area (Å²) < 4.78 is 11.6. The molecule has 2 heteroatoms. The molecule has 0 bridgehead atoms. The molecule has 1 saturated heterocycles. The van der Waals surface area contributed by atoms with Crippen LogP contribution in [0.2, 0.25) is 0 Å². The molecule has 0 amide bonds. The van der Waals surface area contributed by atoms with E-state index in [4.69, 9.17) is 9.47 Å². The van der Waals surface area contributed by atoms with Gasteiger partial charge in [-0.2, -0.15) is 0 Å². The molecule has 0 saturated carbocycles. The van der Waals surface area contributed by atoms with Crippen LogP contribution in [0.3, 0.4) is 0 Å². The third kappa shape index (κ3) is 3.55. The van der Waals surface area contributed by atoms with Gasteiger partial charge in [0.2, 0.25) is 0 Å². The summed E-state index contributed by atoms with van der Waals surface area (Å²) in [6, 6.07) is 8.37. The Labute approximate surface area is 104 Å². The summed E-state index contributed by atoms with van der Waals surface area (Å²) in [5, 5.41) is 0. The molecule has 0 aliphatic carbocycles. The van der Waals surface area contributed by atoms with Gasteiger partial charge >= 0.3 is 0 Å². The van der Waals surface area contributed by atoms with Crippen molar-refractivity contribution in [3.05, 3.63) is 35.4 Å². The molecule has 1 aromatic carbocycles. The van der Waals surface area contributed by atoms with Crippen LogP contribution in [0.1, 0.15) is 37.3 Å². The maximum Gasteiger partial charge on any atom is 0.0813 e. The van der Waals surface area contributed by atoms with Gasteiger partial charge in [0.15, 0.2) is 0 Å². The van der Waals surface area contributed by atoms with Gasteiger partial charge in [-0.15, -0.1) is 0 Å². The highest BCUT2D eigenvalue weighted by Gasteiger charge is 2.23. The zero-order chi connectivity index (χ0) is 12.1. The molecule has 0 spiro atoms. The van der Waals surface area contributed by atoms with Crippen molar-refractivity contribution in [2.24, 2.45) is 0 Å². The van der Waals surface area contributed by atoms with Gasteiger partial charge in [-0.3, -0.25) is 0 Å². The van der Waals surface area contributed by atoms with Crippen molar-refractivity contribution in [3.63, 3.8) is 0 Å². The minimum atomic E-state index is 0.309. The molecule has 17 heavy (non-hydrogen) atoms. The van der Waals surface area contributed by atoms with Gasteiger partial charge in [0, 0.05) is 0 Å². The van der Waals surface area contributed by atoms with Crippen molar-refractivity contribution in [1.29, 1.82) is 0 Å². The Morgan fingerprint density at radius 2 is 2.00 bits per heavy atom. The van der Waals surface area contributed by atoms with E-state index in [9.17, 15) is 0 Å². The van der Waals surface area contributed by atoms with Gasteiger partial charge in [0.05, 0.1) is 25.4 Å². The summed E-state index contributed by atoms with van der Waals surface area (Å²) in [7, 11) is 0. The number of ether oxygens (including phenoxy) is 2. The zero-order valence-electron chi connectivity index (χ0n) is 10.8. The van der Waals surface area contributed by atoms with E-state index in [1.807, 2.05) is 0 Å². The lowest BCUT2D eigenvalue weighted by Gasteiger charge is -2.13. The molecule has 1 aromatic rings. The van der Waals surface area contributed by atoms with Crippen LogP contribution in [-0.4, -0.2) is 18.8 Å². The van der Waals surface area contributed by atoms with E-state index < -0.39 is 0 Å². The van der Waals surface area contributed by atoms with E-state index >= 15 is 0 Å². The number of hydrogen-bond acceptors (Lipinski definition) is 2. The maximum absolute atomic E-state index is 5.85. The van der Waals surface area contributed by atoms with Crippen LogP contribution in [0.4, 0.5) is 0 Å². The third-order valence-corrected chi connectivity index (χ3v) is 3.47. The molecule has 1 aliphatic rings. The summed E-state index contributed by atoms with van der Waals surface area (Å²) in [6.07, 6.45) is 4.22. The van der Waals surface area contributed by atoms with E-state index in [1.165, 1.54) is 17.5 Å². The molecule has 2 atom stereocenters. The first kappa shape index (κ1) is 12.6. The first-order valence-electron chi connectivity index (χ1n) is 6.57. The van der Waals surface area contributed by atoms with Crippen molar-refractivity contribution in [2.45, 2.75) is 51.9 Å². The van der Waals surface area contributed by atoms with Crippen molar-refractivity contribution in [3.8, 4) is 0 Å². The Bertz CT molecular complexity index is 349. The van der Waals surface area contributed by atoms with Gasteiger partial charge in [0.1, 0.15) is 0 Å². The Hall–Kier alpha value is -0.860. The molecule has 0 N–H and O–H groups in total. The van der Waals surface area contributed by atoms with Crippen LogP contribution < -0.4 is 0 Å². The quantitative estimate of drug-likeness (QED) is 0.776. The standard InChI is InChI=1S/C15H22O2/c1-3-14-8-9-15(17-14)11-16-10-13-7-5-4-6-12(13)2/h4-7,14-15H,3,8-11H2,1-2H3. The van der Waals surface area contributed by atoms with Crippen LogP contribution in [0.15, 0.2) is 24.3 Å². The topological polar surface area (TPSA) is 18.5 Å². The molecule has 1 aliphatic heterocycles. The van der Waals surface area contributed by atoms with Crippen molar-refractivity contribution >= 4 is 0 Å². The Morgan fingerprint density at radius 1 is 1.24 bits per heavy atom. The summed E-state index contributed by atoms with van der Waals surface area (Å²) >= 11 is 0. The summed E-state index contributed by atoms with van der Waals surface area (Å²) in [4.78, 5) is 0. The molecular weight excluding hydrogens is 212 g/mol. The molecule has 0 radical (unpaired) electrons. The highest BCUT2D eigenvalue weighted by atomic mass is 16.5. The average molecular weight is 234 g/mol. The molecule has 2 unspecified atom stereocenters. The zero-order valence-corrected chi connectivity index (χ0v) is 10.8. The SMILES string of the molecule is CCC1CCC(COCc2ccccc2C)O1. The van der Waals surface area contributed by atoms with E-state index in [-0.39, 0.29) is 0 Å². The maximum atomic E-state index is 5.85. The molecule has 0 aromatic heterocycles.